The molecule has 1 amide bonds. The van der Waals surface area contributed by atoms with Crippen molar-refractivity contribution in [2.45, 2.75) is 25.4 Å². The summed E-state index contributed by atoms with van der Waals surface area (Å²) in [5, 5.41) is 2.10. The molecule has 1 atom stereocenters. The molecule has 2 N–H and O–H groups in total. The number of rotatable bonds is 6. The van der Waals surface area contributed by atoms with Gasteiger partial charge in [0.15, 0.2) is 0 Å². The van der Waals surface area contributed by atoms with Crippen LogP contribution in [0.5, 0.6) is 5.75 Å². The van der Waals surface area contributed by atoms with Gasteiger partial charge in [-0.15, -0.1) is 0 Å². The van der Waals surface area contributed by atoms with Gasteiger partial charge in [0.25, 0.3) is 0 Å². The van der Waals surface area contributed by atoms with Gasteiger partial charge in [-0.2, -0.15) is 0 Å². The van der Waals surface area contributed by atoms with E-state index >= 15 is 0 Å². The molecule has 3 aromatic carbocycles. The zero-order chi connectivity index (χ0) is 21.1. The van der Waals surface area contributed by atoms with Crippen molar-refractivity contribution in [3.63, 3.8) is 0 Å². The van der Waals surface area contributed by atoms with Gasteiger partial charge in [-0.05, 0) is 48.3 Å². The number of hydrogen-bond acceptors (Lipinski definition) is 4. The van der Waals surface area contributed by atoms with Gasteiger partial charge in [0, 0.05) is 19.2 Å². The number of amides is 1. The second kappa shape index (κ2) is 8.76. The highest BCUT2D eigenvalue weighted by Crippen LogP contribution is 2.35. The van der Waals surface area contributed by atoms with Gasteiger partial charge in [0.05, 0.1) is 12.8 Å². The van der Waals surface area contributed by atoms with Crippen molar-refractivity contribution in [3.05, 3.63) is 71.8 Å². The van der Waals surface area contributed by atoms with Crippen molar-refractivity contribution in [1.82, 2.24) is 9.80 Å². The van der Waals surface area contributed by atoms with Crippen LogP contribution < -0.4 is 10.5 Å². The molecule has 3 aromatic rings. The Kier molecular flexibility index (Phi) is 5.91. The van der Waals surface area contributed by atoms with E-state index in [0.29, 0.717) is 18.0 Å². The number of carbonyl (C=O) groups is 1. The summed E-state index contributed by atoms with van der Waals surface area (Å²) in [5.41, 5.74) is 8.84. The van der Waals surface area contributed by atoms with E-state index in [9.17, 15) is 4.79 Å². The Morgan fingerprint density at radius 1 is 1.10 bits per heavy atom. The summed E-state index contributed by atoms with van der Waals surface area (Å²) < 4.78 is 5.64. The second-order valence-corrected chi connectivity index (χ2v) is 7.95. The van der Waals surface area contributed by atoms with Crippen LogP contribution in [0, 0.1) is 0 Å². The summed E-state index contributed by atoms with van der Waals surface area (Å²) in [5.74, 6) is 0.738. The molecular formula is C25H29N3O2. The fraction of sp³-hybridized carbons (Fsp3) is 0.320. The minimum atomic E-state index is -0.267. The first-order valence-electron chi connectivity index (χ1n) is 10.5. The van der Waals surface area contributed by atoms with Gasteiger partial charge < -0.3 is 15.4 Å². The molecule has 1 saturated heterocycles. The van der Waals surface area contributed by atoms with Gasteiger partial charge in [0.2, 0.25) is 5.91 Å². The number of hydrogen-bond donors (Lipinski definition) is 1. The van der Waals surface area contributed by atoms with Crippen molar-refractivity contribution in [1.29, 1.82) is 0 Å². The maximum absolute atomic E-state index is 13.7. The Bertz CT molecular complexity index is 1030. The Hall–Kier alpha value is -3.05. The molecule has 1 aliphatic heterocycles. The van der Waals surface area contributed by atoms with Crippen molar-refractivity contribution in [2.24, 2.45) is 0 Å². The molecule has 156 valence electrons. The number of ether oxygens (including phenoxy) is 1. The van der Waals surface area contributed by atoms with Gasteiger partial charge in [0.1, 0.15) is 11.8 Å². The molecule has 0 radical (unpaired) electrons. The first-order chi connectivity index (χ1) is 14.6. The summed E-state index contributed by atoms with van der Waals surface area (Å²) in [7, 11) is 3.49. The molecule has 1 aliphatic rings. The number of methoxy groups -OCH3 is 1. The van der Waals surface area contributed by atoms with Gasteiger partial charge in [-0.3, -0.25) is 9.69 Å². The largest absolute Gasteiger partial charge is 0.494 e. The van der Waals surface area contributed by atoms with Crippen LogP contribution in [-0.2, 0) is 11.3 Å². The molecule has 30 heavy (non-hydrogen) atoms. The predicted molar refractivity (Wildman–Crippen MR) is 121 cm³/mol. The number of fused-ring (bicyclic) bond motifs is 1. The van der Waals surface area contributed by atoms with Crippen molar-refractivity contribution in [2.75, 3.05) is 33.0 Å². The minimum Gasteiger partial charge on any atom is -0.494 e. The molecular weight excluding hydrogens is 374 g/mol. The number of nitrogen functional groups attached to an aromatic ring is 1. The zero-order valence-electron chi connectivity index (χ0n) is 17.7. The molecule has 1 unspecified atom stereocenters. The molecule has 0 saturated carbocycles. The standard InChI is InChI=1S/C25H29N3O2/c1-27(17-21-20-13-7-6-12-19(20)16-22(26)24(21)30-2)25(29)23(28-14-8-9-15-28)18-10-4-3-5-11-18/h3-7,10-13,16,23H,8-9,14-15,17,26H2,1-2H3. The lowest BCUT2D eigenvalue weighted by Gasteiger charge is -2.31. The van der Waals surface area contributed by atoms with Crippen LogP contribution in [-0.4, -0.2) is 43.0 Å². The van der Waals surface area contributed by atoms with Crippen LogP contribution in [0.3, 0.4) is 0 Å². The highest BCUT2D eigenvalue weighted by Gasteiger charge is 2.32. The SMILES string of the molecule is COc1c(N)cc2ccccc2c1CN(C)C(=O)C(c1ccccc1)N1CCCC1. The molecule has 5 heteroatoms. The summed E-state index contributed by atoms with van der Waals surface area (Å²) in [6, 6.07) is 19.8. The van der Waals surface area contributed by atoms with Crippen molar-refractivity contribution in [3.8, 4) is 5.75 Å². The van der Waals surface area contributed by atoms with Crippen LogP contribution >= 0.6 is 0 Å². The zero-order valence-corrected chi connectivity index (χ0v) is 17.7. The first-order valence-corrected chi connectivity index (χ1v) is 10.5. The Morgan fingerprint density at radius 2 is 1.77 bits per heavy atom. The number of anilines is 1. The molecule has 1 fully saturated rings. The minimum absolute atomic E-state index is 0.0941. The number of nitrogens with zero attached hydrogens (tertiary/aromatic N) is 2. The molecule has 4 rings (SSSR count). The molecule has 0 aromatic heterocycles. The summed E-state index contributed by atoms with van der Waals surface area (Å²) in [4.78, 5) is 17.8. The summed E-state index contributed by atoms with van der Waals surface area (Å²) in [6.45, 7) is 2.33. The van der Waals surface area contributed by atoms with Crippen LogP contribution in [0.1, 0.15) is 30.0 Å². The second-order valence-electron chi connectivity index (χ2n) is 7.95. The summed E-state index contributed by atoms with van der Waals surface area (Å²) in [6.07, 6.45) is 2.27. The third kappa shape index (κ3) is 3.85. The molecule has 1 heterocycles. The lowest BCUT2D eigenvalue weighted by Crippen LogP contribution is -2.40. The maximum Gasteiger partial charge on any atom is 0.244 e. The smallest absolute Gasteiger partial charge is 0.244 e. The van der Waals surface area contributed by atoms with E-state index in [4.69, 9.17) is 10.5 Å². The fourth-order valence-electron chi connectivity index (χ4n) is 4.49. The van der Waals surface area contributed by atoms with Crippen LogP contribution in [0.25, 0.3) is 10.8 Å². The number of benzene rings is 3. The van der Waals surface area contributed by atoms with Gasteiger partial charge in [-0.1, -0.05) is 54.6 Å². The predicted octanol–water partition coefficient (Wildman–Crippen LogP) is 4.23. The normalized spacial score (nSPS) is 15.3. The van der Waals surface area contributed by atoms with E-state index < -0.39 is 0 Å². The number of likely N-dealkylation sites (N-methyl/N-ethyl adjacent to an activating group) is 1. The van der Waals surface area contributed by atoms with E-state index in [2.05, 4.69) is 11.0 Å². The quantitative estimate of drug-likeness (QED) is 0.626. The average molecular weight is 404 g/mol. The topological polar surface area (TPSA) is 58.8 Å². The highest BCUT2D eigenvalue weighted by atomic mass is 16.5. The lowest BCUT2D eigenvalue weighted by molar-refractivity contribution is -0.136. The maximum atomic E-state index is 13.7. The number of nitrogens with two attached hydrogens (primary N) is 1. The van der Waals surface area contributed by atoms with E-state index in [-0.39, 0.29) is 11.9 Å². The summed E-state index contributed by atoms with van der Waals surface area (Å²) >= 11 is 0. The van der Waals surface area contributed by atoms with E-state index in [1.165, 1.54) is 0 Å². The molecule has 0 aliphatic carbocycles. The first kappa shape index (κ1) is 20.2. The van der Waals surface area contributed by atoms with E-state index in [1.807, 2.05) is 61.6 Å². The Morgan fingerprint density at radius 3 is 2.47 bits per heavy atom. The van der Waals surface area contributed by atoms with Crippen LogP contribution in [0.4, 0.5) is 5.69 Å². The van der Waals surface area contributed by atoms with Crippen LogP contribution in [0.15, 0.2) is 60.7 Å². The Labute approximate surface area is 178 Å². The lowest BCUT2D eigenvalue weighted by atomic mass is 10.0. The Balaban J connectivity index is 1.69. The average Bonchev–Trinajstić information content (AvgIpc) is 3.29. The third-order valence-corrected chi connectivity index (χ3v) is 5.96. The van der Waals surface area contributed by atoms with Gasteiger partial charge in [-0.25, -0.2) is 0 Å². The highest BCUT2D eigenvalue weighted by molar-refractivity contribution is 5.92. The van der Waals surface area contributed by atoms with Gasteiger partial charge >= 0.3 is 0 Å². The van der Waals surface area contributed by atoms with E-state index in [0.717, 1.165) is 47.8 Å². The number of carbonyl (C=O) groups excluding carboxylic acids is 1. The number of likely N-dealkylation sites (tertiary alicyclic amines) is 1. The van der Waals surface area contributed by atoms with E-state index in [1.54, 1.807) is 12.0 Å². The fourth-order valence-corrected chi connectivity index (χ4v) is 4.49. The molecule has 0 spiro atoms. The monoisotopic (exact) mass is 403 g/mol. The molecule has 0 bridgehead atoms. The third-order valence-electron chi connectivity index (χ3n) is 5.96. The van der Waals surface area contributed by atoms with Crippen molar-refractivity contribution < 1.29 is 9.53 Å². The van der Waals surface area contributed by atoms with Crippen LogP contribution in [0.2, 0.25) is 0 Å². The molecule has 5 nitrogen and oxygen atoms in total. The van der Waals surface area contributed by atoms with Crippen molar-refractivity contribution >= 4 is 22.4 Å².